The fraction of sp³-hybridized carbons (Fsp3) is 0.810. The first-order chi connectivity index (χ1) is 12.5. The van der Waals surface area contributed by atoms with Gasteiger partial charge in [0.25, 0.3) is 0 Å². The third-order valence-electron chi connectivity index (χ3n) is 6.48. The average molecular weight is 361 g/mol. The van der Waals surface area contributed by atoms with Crippen LogP contribution < -0.4 is 0 Å². The highest BCUT2D eigenvalue weighted by molar-refractivity contribution is 5.77. The Bertz CT molecular complexity index is 638. The van der Waals surface area contributed by atoms with Gasteiger partial charge in [-0.3, -0.25) is 14.4 Å². The molecule has 2 saturated heterocycles. The smallest absolute Gasteiger partial charge is 0.222 e. The van der Waals surface area contributed by atoms with Gasteiger partial charge in [0.05, 0.1) is 5.69 Å². The summed E-state index contributed by atoms with van der Waals surface area (Å²) < 4.78 is 2.12. The van der Waals surface area contributed by atoms with Crippen LogP contribution in [0.1, 0.15) is 69.3 Å². The van der Waals surface area contributed by atoms with E-state index in [9.17, 15) is 4.79 Å². The van der Waals surface area contributed by atoms with E-state index in [4.69, 9.17) is 5.10 Å². The molecule has 0 aliphatic carbocycles. The summed E-state index contributed by atoms with van der Waals surface area (Å²) in [6, 6.07) is 0. The zero-order valence-corrected chi connectivity index (χ0v) is 17.2. The van der Waals surface area contributed by atoms with Crippen molar-refractivity contribution in [3.63, 3.8) is 0 Å². The number of unbranched alkanes of at least 4 members (excludes halogenated alkanes) is 1. The van der Waals surface area contributed by atoms with E-state index in [-0.39, 0.29) is 0 Å². The fourth-order valence-electron chi connectivity index (χ4n) is 4.93. The van der Waals surface area contributed by atoms with Crippen LogP contribution in [0.15, 0.2) is 0 Å². The molecule has 0 unspecified atom stereocenters. The maximum absolute atomic E-state index is 12.3. The first kappa shape index (κ1) is 19.4. The van der Waals surface area contributed by atoms with Crippen LogP contribution in [0.3, 0.4) is 0 Å². The van der Waals surface area contributed by atoms with E-state index in [0.29, 0.717) is 11.3 Å². The van der Waals surface area contributed by atoms with Crippen LogP contribution in [0.25, 0.3) is 0 Å². The molecule has 146 valence electrons. The van der Waals surface area contributed by atoms with Crippen molar-refractivity contribution < 1.29 is 4.79 Å². The van der Waals surface area contributed by atoms with Gasteiger partial charge in [-0.05, 0) is 53.0 Å². The van der Waals surface area contributed by atoms with Gasteiger partial charge in [0, 0.05) is 55.8 Å². The van der Waals surface area contributed by atoms with Crippen LogP contribution in [0.5, 0.6) is 0 Å². The molecule has 1 atom stereocenters. The molecular weight excluding hydrogens is 324 g/mol. The molecule has 0 aromatic carbocycles. The lowest BCUT2D eigenvalue weighted by Crippen LogP contribution is -2.54. The summed E-state index contributed by atoms with van der Waals surface area (Å²) in [5, 5.41) is 4.69. The standard InChI is InChI=1S/C21H36N4O/c1-5-7-13-24-16-21(11-9-20(24)26)10-8-12-23(15-21)14-19-17(3)22-25(6-2)18(19)4/h5-16H2,1-4H3/t21-/m0/s1. The van der Waals surface area contributed by atoms with Gasteiger partial charge >= 0.3 is 0 Å². The number of nitrogens with zero attached hydrogens (tertiary/aromatic N) is 4. The number of hydrogen-bond donors (Lipinski definition) is 0. The van der Waals surface area contributed by atoms with Gasteiger partial charge in [-0.1, -0.05) is 13.3 Å². The van der Waals surface area contributed by atoms with Gasteiger partial charge in [-0.2, -0.15) is 5.10 Å². The van der Waals surface area contributed by atoms with E-state index < -0.39 is 0 Å². The number of carbonyl (C=O) groups is 1. The monoisotopic (exact) mass is 360 g/mol. The van der Waals surface area contributed by atoms with Crippen molar-refractivity contribution >= 4 is 5.91 Å². The van der Waals surface area contributed by atoms with Gasteiger partial charge < -0.3 is 4.90 Å². The van der Waals surface area contributed by atoms with Gasteiger partial charge in [-0.25, -0.2) is 0 Å². The summed E-state index contributed by atoms with van der Waals surface area (Å²) in [5.74, 6) is 0.372. The Kier molecular flexibility index (Phi) is 6.06. The molecule has 26 heavy (non-hydrogen) atoms. The van der Waals surface area contributed by atoms with Crippen molar-refractivity contribution in [2.45, 2.75) is 79.3 Å². The Morgan fingerprint density at radius 1 is 1.15 bits per heavy atom. The number of likely N-dealkylation sites (tertiary alicyclic amines) is 2. The highest BCUT2D eigenvalue weighted by Gasteiger charge is 2.41. The van der Waals surface area contributed by atoms with Crippen molar-refractivity contribution in [3.8, 4) is 0 Å². The summed E-state index contributed by atoms with van der Waals surface area (Å²) in [7, 11) is 0. The molecule has 5 heteroatoms. The molecule has 0 N–H and O–H groups in total. The molecule has 1 spiro atoms. The number of piperidine rings is 2. The Morgan fingerprint density at radius 3 is 2.65 bits per heavy atom. The third-order valence-corrected chi connectivity index (χ3v) is 6.48. The minimum absolute atomic E-state index is 0.308. The second-order valence-corrected chi connectivity index (χ2v) is 8.45. The topological polar surface area (TPSA) is 41.4 Å². The van der Waals surface area contributed by atoms with Crippen LogP contribution in [-0.2, 0) is 17.9 Å². The molecule has 0 radical (unpaired) electrons. The highest BCUT2D eigenvalue weighted by atomic mass is 16.2. The van der Waals surface area contributed by atoms with E-state index in [2.05, 4.69) is 42.2 Å². The molecule has 0 bridgehead atoms. The Morgan fingerprint density at radius 2 is 1.96 bits per heavy atom. The van der Waals surface area contributed by atoms with Crippen LogP contribution in [0, 0.1) is 19.3 Å². The van der Waals surface area contributed by atoms with E-state index in [1.807, 2.05) is 0 Å². The predicted octanol–water partition coefficient (Wildman–Crippen LogP) is 3.52. The summed E-state index contributed by atoms with van der Waals surface area (Å²) in [6.45, 7) is 14.8. The first-order valence-electron chi connectivity index (χ1n) is 10.5. The quantitative estimate of drug-likeness (QED) is 0.779. The predicted molar refractivity (Wildman–Crippen MR) is 105 cm³/mol. The molecule has 5 nitrogen and oxygen atoms in total. The zero-order chi connectivity index (χ0) is 18.7. The lowest BCUT2D eigenvalue weighted by atomic mass is 9.73. The summed E-state index contributed by atoms with van der Waals surface area (Å²) in [5.41, 5.74) is 4.20. The molecule has 2 aliphatic heterocycles. The number of rotatable bonds is 6. The Hall–Kier alpha value is -1.36. The molecule has 3 heterocycles. The SMILES string of the molecule is CCCCN1C[C@@]2(CCCN(Cc3c(C)nn(CC)c3C)C2)CCC1=O. The second-order valence-electron chi connectivity index (χ2n) is 8.45. The van der Waals surface area contributed by atoms with Crippen LogP contribution >= 0.6 is 0 Å². The van der Waals surface area contributed by atoms with Crippen LogP contribution in [0.2, 0.25) is 0 Å². The summed E-state index contributed by atoms with van der Waals surface area (Å²) in [4.78, 5) is 17.1. The molecular formula is C21H36N4O. The number of carbonyl (C=O) groups excluding carboxylic acids is 1. The molecule has 0 saturated carbocycles. The second kappa shape index (κ2) is 8.12. The maximum Gasteiger partial charge on any atom is 0.222 e. The average Bonchev–Trinajstić information content (AvgIpc) is 2.90. The lowest BCUT2D eigenvalue weighted by Gasteiger charge is -2.48. The molecule has 1 amide bonds. The minimum atomic E-state index is 0.308. The van der Waals surface area contributed by atoms with Crippen LogP contribution in [0.4, 0.5) is 0 Å². The minimum Gasteiger partial charge on any atom is -0.342 e. The fourth-order valence-corrected chi connectivity index (χ4v) is 4.93. The van der Waals surface area contributed by atoms with Crippen molar-refractivity contribution in [3.05, 3.63) is 17.0 Å². The highest BCUT2D eigenvalue weighted by Crippen LogP contribution is 2.39. The molecule has 1 aromatic rings. The molecule has 1 aromatic heterocycles. The maximum atomic E-state index is 12.3. The zero-order valence-electron chi connectivity index (χ0n) is 17.2. The van der Waals surface area contributed by atoms with E-state index >= 15 is 0 Å². The van der Waals surface area contributed by atoms with Crippen LogP contribution in [-0.4, -0.2) is 51.7 Å². The van der Waals surface area contributed by atoms with Crippen molar-refractivity contribution in [1.29, 1.82) is 0 Å². The summed E-state index contributed by atoms with van der Waals surface area (Å²) >= 11 is 0. The number of aromatic nitrogens is 2. The van der Waals surface area contributed by atoms with Crippen molar-refractivity contribution in [1.82, 2.24) is 19.6 Å². The number of amides is 1. The molecule has 3 rings (SSSR count). The van der Waals surface area contributed by atoms with Crippen molar-refractivity contribution in [2.75, 3.05) is 26.2 Å². The lowest BCUT2D eigenvalue weighted by molar-refractivity contribution is -0.139. The number of hydrogen-bond acceptors (Lipinski definition) is 3. The Balaban J connectivity index is 1.69. The number of aryl methyl sites for hydroxylation is 2. The van der Waals surface area contributed by atoms with E-state index in [1.165, 1.54) is 36.3 Å². The van der Waals surface area contributed by atoms with Gasteiger partial charge in [0.2, 0.25) is 5.91 Å². The van der Waals surface area contributed by atoms with Gasteiger partial charge in [0.1, 0.15) is 0 Å². The van der Waals surface area contributed by atoms with E-state index in [0.717, 1.165) is 58.4 Å². The first-order valence-corrected chi connectivity index (χ1v) is 10.5. The molecule has 2 fully saturated rings. The normalized spacial score (nSPS) is 24.6. The Labute approximate surface area is 158 Å². The van der Waals surface area contributed by atoms with Gasteiger partial charge in [-0.15, -0.1) is 0 Å². The molecule has 2 aliphatic rings. The largest absolute Gasteiger partial charge is 0.342 e. The summed E-state index contributed by atoms with van der Waals surface area (Å²) in [6.07, 6.45) is 6.60. The third kappa shape index (κ3) is 3.98. The van der Waals surface area contributed by atoms with Gasteiger partial charge in [0.15, 0.2) is 0 Å². The van der Waals surface area contributed by atoms with Crippen molar-refractivity contribution in [2.24, 2.45) is 5.41 Å². The van der Waals surface area contributed by atoms with E-state index in [1.54, 1.807) is 0 Å².